The molecule has 4 rings (SSSR count). The van der Waals surface area contributed by atoms with E-state index in [9.17, 15) is 0 Å². The minimum Gasteiger partial charge on any atom is -1.00 e. The Labute approximate surface area is 142 Å². The van der Waals surface area contributed by atoms with Gasteiger partial charge in [0, 0.05) is 25.8 Å². The van der Waals surface area contributed by atoms with E-state index in [0.717, 1.165) is 30.2 Å². The van der Waals surface area contributed by atoms with Crippen LogP contribution < -0.4 is 28.9 Å². The molecule has 0 N–H and O–H groups in total. The molecule has 1 spiro atoms. The van der Waals surface area contributed by atoms with Gasteiger partial charge in [-0.15, -0.1) is 0 Å². The lowest BCUT2D eigenvalue weighted by Gasteiger charge is -2.32. The molecule has 1 aromatic carbocycles. The zero-order chi connectivity index (χ0) is 13.4. The van der Waals surface area contributed by atoms with Gasteiger partial charge in [-0.3, -0.25) is 0 Å². The van der Waals surface area contributed by atoms with Crippen LogP contribution in [0.15, 0.2) is 28.7 Å². The maximum Gasteiger partial charge on any atom is 0.298 e. The highest BCUT2D eigenvalue weighted by atomic mass is 127. The molecule has 2 aliphatic rings. The molecule has 114 valence electrons. The quantitative estimate of drug-likeness (QED) is 0.485. The number of benzene rings is 1. The number of rotatable bonds is 1. The van der Waals surface area contributed by atoms with Crippen LogP contribution in [0.3, 0.4) is 0 Å². The van der Waals surface area contributed by atoms with Crippen LogP contribution in [0.2, 0.25) is 0 Å². The first-order chi connectivity index (χ1) is 9.85. The standard InChI is InChI=1S/C16H22N3O.HI/c1-2-7-15-14(6-1)17-16(20-15)18-8-5-12-19(13-9-18)10-3-4-11-19;/h1-2,6-7H,3-5,8-13H2;1H/q+1;/p-1. The summed E-state index contributed by atoms with van der Waals surface area (Å²) in [6.45, 7) is 7.48. The zero-order valence-corrected chi connectivity index (χ0v) is 14.5. The van der Waals surface area contributed by atoms with Crippen molar-refractivity contribution in [3.63, 3.8) is 0 Å². The van der Waals surface area contributed by atoms with Crippen LogP contribution in [0.5, 0.6) is 0 Å². The van der Waals surface area contributed by atoms with Gasteiger partial charge in [0.15, 0.2) is 5.58 Å². The number of anilines is 1. The van der Waals surface area contributed by atoms with Crippen LogP contribution >= 0.6 is 0 Å². The van der Waals surface area contributed by atoms with Crippen LogP contribution in [0.25, 0.3) is 11.1 Å². The number of hydrogen-bond donors (Lipinski definition) is 0. The van der Waals surface area contributed by atoms with E-state index in [2.05, 4.69) is 9.88 Å². The van der Waals surface area contributed by atoms with Crippen molar-refractivity contribution in [2.75, 3.05) is 44.2 Å². The second kappa shape index (κ2) is 6.12. The van der Waals surface area contributed by atoms with Gasteiger partial charge in [-0.2, -0.15) is 4.98 Å². The number of nitrogens with zero attached hydrogens (tertiary/aromatic N) is 3. The minimum absolute atomic E-state index is 0. The molecule has 4 nitrogen and oxygen atoms in total. The van der Waals surface area contributed by atoms with E-state index < -0.39 is 0 Å². The normalized spacial score (nSPS) is 21.4. The van der Waals surface area contributed by atoms with Crippen molar-refractivity contribution >= 4 is 17.1 Å². The third-order valence-electron chi connectivity index (χ3n) is 4.97. The minimum atomic E-state index is 0. The fourth-order valence-electron chi connectivity index (χ4n) is 3.79. The monoisotopic (exact) mass is 399 g/mol. The van der Waals surface area contributed by atoms with Gasteiger partial charge in [-0.1, -0.05) is 12.1 Å². The third kappa shape index (κ3) is 2.90. The SMILES string of the molecule is [I-].c1ccc2oc(N3CCC[N+]4(CCCC4)CC3)nc2c1. The van der Waals surface area contributed by atoms with Gasteiger partial charge in [0.25, 0.3) is 6.01 Å². The molecule has 0 bridgehead atoms. The van der Waals surface area contributed by atoms with Gasteiger partial charge in [0.05, 0.1) is 32.7 Å². The van der Waals surface area contributed by atoms with Gasteiger partial charge >= 0.3 is 0 Å². The predicted octanol–water partition coefficient (Wildman–Crippen LogP) is -0.347. The molecule has 0 amide bonds. The highest BCUT2D eigenvalue weighted by Crippen LogP contribution is 2.26. The largest absolute Gasteiger partial charge is 1.00 e. The fraction of sp³-hybridized carbons (Fsp3) is 0.562. The van der Waals surface area contributed by atoms with Gasteiger partial charge in [-0.05, 0) is 12.1 Å². The molecule has 2 aromatic rings. The van der Waals surface area contributed by atoms with Gasteiger partial charge < -0.3 is 37.8 Å². The summed E-state index contributed by atoms with van der Waals surface area (Å²) in [5.41, 5.74) is 1.87. The lowest BCUT2D eigenvalue weighted by Crippen LogP contribution is -3.00. The fourth-order valence-corrected chi connectivity index (χ4v) is 3.79. The Kier molecular flexibility index (Phi) is 4.40. The number of halogens is 1. The summed E-state index contributed by atoms with van der Waals surface area (Å²) in [7, 11) is 0. The van der Waals surface area contributed by atoms with Crippen molar-refractivity contribution in [3.8, 4) is 0 Å². The molecule has 2 fully saturated rings. The maximum atomic E-state index is 5.92. The summed E-state index contributed by atoms with van der Waals surface area (Å²) in [6, 6.07) is 8.85. The second-order valence-electron chi connectivity index (χ2n) is 6.25. The Morgan fingerprint density at radius 3 is 2.52 bits per heavy atom. The summed E-state index contributed by atoms with van der Waals surface area (Å²) in [6.07, 6.45) is 4.06. The molecule has 0 saturated carbocycles. The van der Waals surface area contributed by atoms with Crippen molar-refractivity contribution in [2.45, 2.75) is 19.3 Å². The molecular weight excluding hydrogens is 377 g/mol. The predicted molar refractivity (Wildman–Crippen MR) is 79.8 cm³/mol. The average molecular weight is 399 g/mol. The van der Waals surface area contributed by atoms with Gasteiger partial charge in [0.2, 0.25) is 0 Å². The first-order valence-corrected chi connectivity index (χ1v) is 7.80. The topological polar surface area (TPSA) is 29.3 Å². The van der Waals surface area contributed by atoms with Crippen LogP contribution in [-0.2, 0) is 0 Å². The van der Waals surface area contributed by atoms with E-state index >= 15 is 0 Å². The maximum absolute atomic E-state index is 5.92. The summed E-state index contributed by atoms with van der Waals surface area (Å²) >= 11 is 0. The van der Waals surface area contributed by atoms with Crippen molar-refractivity contribution in [2.24, 2.45) is 0 Å². The smallest absolute Gasteiger partial charge is 0.298 e. The molecule has 0 unspecified atom stereocenters. The Bertz CT molecular complexity index is 573. The molecule has 0 atom stereocenters. The number of hydrogen-bond acceptors (Lipinski definition) is 3. The van der Waals surface area contributed by atoms with E-state index in [4.69, 9.17) is 4.42 Å². The molecule has 2 saturated heterocycles. The summed E-state index contributed by atoms with van der Waals surface area (Å²) < 4.78 is 7.25. The highest BCUT2D eigenvalue weighted by molar-refractivity contribution is 5.74. The highest BCUT2D eigenvalue weighted by Gasteiger charge is 2.34. The van der Waals surface area contributed by atoms with Crippen molar-refractivity contribution in [3.05, 3.63) is 24.3 Å². The second-order valence-corrected chi connectivity index (χ2v) is 6.25. The van der Waals surface area contributed by atoms with E-state index in [1.807, 2.05) is 24.3 Å². The first-order valence-electron chi connectivity index (χ1n) is 7.80. The van der Waals surface area contributed by atoms with E-state index in [-0.39, 0.29) is 24.0 Å². The number of oxazole rings is 1. The first kappa shape index (κ1) is 15.1. The zero-order valence-electron chi connectivity index (χ0n) is 12.3. The van der Waals surface area contributed by atoms with Crippen molar-refractivity contribution in [1.82, 2.24) is 4.98 Å². The lowest BCUT2D eigenvalue weighted by molar-refractivity contribution is -0.914. The molecule has 1 aromatic heterocycles. The summed E-state index contributed by atoms with van der Waals surface area (Å²) in [5, 5.41) is 0. The Hall–Kier alpha value is -0.820. The van der Waals surface area contributed by atoms with Crippen LogP contribution in [0, 0.1) is 0 Å². The van der Waals surface area contributed by atoms with Crippen LogP contribution in [0.4, 0.5) is 6.01 Å². The lowest BCUT2D eigenvalue weighted by atomic mass is 10.3. The molecule has 0 radical (unpaired) electrons. The summed E-state index contributed by atoms with van der Waals surface area (Å²) in [4.78, 5) is 6.98. The molecule has 3 heterocycles. The molecule has 21 heavy (non-hydrogen) atoms. The third-order valence-corrected chi connectivity index (χ3v) is 4.97. The van der Waals surface area contributed by atoms with Gasteiger partial charge in [0.1, 0.15) is 5.52 Å². The number of quaternary nitrogens is 1. The molecule has 2 aliphatic heterocycles. The van der Waals surface area contributed by atoms with Gasteiger partial charge in [-0.25, -0.2) is 0 Å². The van der Waals surface area contributed by atoms with E-state index in [1.165, 1.54) is 49.9 Å². The summed E-state index contributed by atoms with van der Waals surface area (Å²) in [5.74, 6) is 0. The Morgan fingerprint density at radius 1 is 0.952 bits per heavy atom. The van der Waals surface area contributed by atoms with Crippen molar-refractivity contribution < 1.29 is 32.9 Å². The van der Waals surface area contributed by atoms with Crippen molar-refractivity contribution in [1.29, 1.82) is 0 Å². The number of fused-ring (bicyclic) bond motifs is 1. The molecular formula is C16H22IN3O. The number of aromatic nitrogens is 1. The average Bonchev–Trinajstić information content (AvgIpc) is 3.03. The van der Waals surface area contributed by atoms with E-state index in [0.29, 0.717) is 0 Å². The molecule has 0 aliphatic carbocycles. The molecule has 5 heteroatoms. The number of para-hydroxylation sites is 2. The van der Waals surface area contributed by atoms with E-state index in [1.54, 1.807) is 0 Å². The van der Waals surface area contributed by atoms with Crippen LogP contribution in [-0.4, -0.2) is 48.7 Å². The Balaban J connectivity index is 0.00000132. The Morgan fingerprint density at radius 2 is 1.71 bits per heavy atom. The van der Waals surface area contributed by atoms with Crippen LogP contribution in [0.1, 0.15) is 19.3 Å².